The number of benzene rings is 1. The van der Waals surface area contributed by atoms with Crippen LogP contribution in [0.3, 0.4) is 0 Å². The zero-order valence-electron chi connectivity index (χ0n) is 11.8. The minimum absolute atomic E-state index is 0.254. The summed E-state index contributed by atoms with van der Waals surface area (Å²) in [7, 11) is 0.470. The van der Waals surface area contributed by atoms with Crippen molar-refractivity contribution in [3.05, 3.63) is 29.3 Å². The number of hydrogen-bond acceptors (Lipinski definition) is 4. The van der Waals surface area contributed by atoms with Gasteiger partial charge in [-0.1, -0.05) is 17.7 Å². The van der Waals surface area contributed by atoms with E-state index in [1.165, 1.54) is 0 Å². The number of nitrogens with one attached hydrogen (secondary N) is 1. The third-order valence-corrected chi connectivity index (χ3v) is 4.42. The van der Waals surface area contributed by atoms with E-state index in [2.05, 4.69) is 5.32 Å². The van der Waals surface area contributed by atoms with E-state index in [-0.39, 0.29) is 5.75 Å². The molecule has 0 aromatic heterocycles. The Morgan fingerprint density at radius 1 is 1.42 bits per heavy atom. The van der Waals surface area contributed by atoms with Crippen LogP contribution < -0.4 is 5.32 Å². The lowest BCUT2D eigenvalue weighted by atomic mass is 10.2. The van der Waals surface area contributed by atoms with Gasteiger partial charge in [-0.15, -0.1) is 0 Å². The Hall–Kier alpha value is -0.750. The van der Waals surface area contributed by atoms with Gasteiger partial charge in [-0.25, -0.2) is 0 Å². The molecule has 0 spiro atoms. The Morgan fingerprint density at radius 2 is 2.16 bits per heavy atom. The van der Waals surface area contributed by atoms with Gasteiger partial charge in [-0.05, 0) is 25.5 Å². The van der Waals surface area contributed by atoms with Crippen LogP contribution in [-0.2, 0) is 15.5 Å². The fraction of sp³-hybridized carbons (Fsp3) is 0.571. The maximum atomic E-state index is 12.2. The fourth-order valence-electron chi connectivity index (χ4n) is 1.82. The topological polar surface area (TPSA) is 58.6 Å². The van der Waals surface area contributed by atoms with Crippen LogP contribution in [0.25, 0.3) is 0 Å². The summed E-state index contributed by atoms with van der Waals surface area (Å²) in [6, 6.07) is 5.84. The normalized spacial score (nSPS) is 14.3. The SMILES string of the molecule is COCCNCC(O)CS(=O)c1ccc(C)cc1C. The molecule has 1 aromatic carbocycles. The Labute approximate surface area is 117 Å². The number of aryl methyl sites for hydroxylation is 2. The summed E-state index contributed by atoms with van der Waals surface area (Å²) in [5.74, 6) is 0.254. The summed E-state index contributed by atoms with van der Waals surface area (Å²) in [6.45, 7) is 5.67. The number of methoxy groups -OCH3 is 1. The van der Waals surface area contributed by atoms with Gasteiger partial charge >= 0.3 is 0 Å². The Kier molecular flexibility index (Phi) is 7.23. The van der Waals surface area contributed by atoms with Gasteiger partial charge in [0.05, 0.1) is 29.3 Å². The molecule has 0 fully saturated rings. The molecule has 0 heterocycles. The molecule has 0 aliphatic heterocycles. The predicted octanol–water partition coefficient (Wildman–Crippen LogP) is 1.01. The van der Waals surface area contributed by atoms with Gasteiger partial charge in [0.25, 0.3) is 0 Å². The lowest BCUT2D eigenvalue weighted by Crippen LogP contribution is -2.32. The van der Waals surface area contributed by atoms with E-state index in [9.17, 15) is 9.32 Å². The summed E-state index contributed by atoms with van der Waals surface area (Å²) in [5, 5.41) is 12.9. The van der Waals surface area contributed by atoms with Gasteiger partial charge in [0.15, 0.2) is 0 Å². The molecular formula is C14H23NO3S. The second kappa shape index (κ2) is 8.43. The summed E-state index contributed by atoms with van der Waals surface area (Å²) >= 11 is 0. The van der Waals surface area contributed by atoms with Gasteiger partial charge in [0, 0.05) is 25.1 Å². The van der Waals surface area contributed by atoms with E-state index in [4.69, 9.17) is 4.74 Å². The van der Waals surface area contributed by atoms with Crippen LogP contribution in [0, 0.1) is 13.8 Å². The van der Waals surface area contributed by atoms with Crippen LogP contribution in [-0.4, -0.2) is 48.0 Å². The van der Waals surface area contributed by atoms with Crippen molar-refractivity contribution in [1.82, 2.24) is 5.32 Å². The quantitative estimate of drug-likeness (QED) is 0.700. The van der Waals surface area contributed by atoms with Crippen LogP contribution in [0.5, 0.6) is 0 Å². The number of aliphatic hydroxyl groups is 1. The molecule has 1 rings (SSSR count). The zero-order chi connectivity index (χ0) is 14.3. The second-order valence-corrected chi connectivity index (χ2v) is 6.10. The summed E-state index contributed by atoms with van der Waals surface area (Å²) < 4.78 is 17.1. The first-order chi connectivity index (χ1) is 9.04. The highest BCUT2D eigenvalue weighted by Gasteiger charge is 2.13. The molecule has 2 atom stereocenters. The van der Waals surface area contributed by atoms with Gasteiger partial charge in [-0.2, -0.15) is 0 Å². The highest BCUT2D eigenvalue weighted by Crippen LogP contribution is 2.15. The minimum Gasteiger partial charge on any atom is -0.391 e. The van der Waals surface area contributed by atoms with E-state index < -0.39 is 16.9 Å². The van der Waals surface area contributed by atoms with Crippen LogP contribution in [0.15, 0.2) is 23.1 Å². The van der Waals surface area contributed by atoms with Crippen molar-refractivity contribution in [2.24, 2.45) is 0 Å². The highest BCUT2D eigenvalue weighted by molar-refractivity contribution is 7.85. The average molecular weight is 285 g/mol. The van der Waals surface area contributed by atoms with E-state index in [0.717, 1.165) is 16.0 Å². The Bertz CT molecular complexity index is 423. The lowest BCUT2D eigenvalue weighted by Gasteiger charge is -2.13. The molecule has 0 amide bonds. The van der Waals surface area contributed by atoms with Crippen molar-refractivity contribution in [3.63, 3.8) is 0 Å². The highest BCUT2D eigenvalue weighted by atomic mass is 32.2. The fourth-order valence-corrected chi connectivity index (χ4v) is 3.11. The third-order valence-electron chi connectivity index (χ3n) is 2.78. The smallest absolute Gasteiger partial charge is 0.0783 e. The molecule has 5 heteroatoms. The van der Waals surface area contributed by atoms with Crippen molar-refractivity contribution < 1.29 is 14.1 Å². The maximum Gasteiger partial charge on any atom is 0.0783 e. The number of hydrogen-bond donors (Lipinski definition) is 2. The summed E-state index contributed by atoms with van der Waals surface area (Å²) in [4.78, 5) is 0.807. The zero-order valence-corrected chi connectivity index (χ0v) is 12.6. The standard InChI is InChI=1S/C14H23NO3S/c1-11-4-5-14(12(2)8-11)19(17)10-13(16)9-15-6-7-18-3/h4-5,8,13,15-16H,6-7,9-10H2,1-3H3. The monoisotopic (exact) mass is 285 g/mol. The van der Waals surface area contributed by atoms with Crippen LogP contribution >= 0.6 is 0 Å². The first kappa shape index (κ1) is 16.3. The molecule has 0 saturated carbocycles. The Morgan fingerprint density at radius 3 is 2.79 bits per heavy atom. The maximum absolute atomic E-state index is 12.2. The van der Waals surface area contributed by atoms with Crippen molar-refractivity contribution in [3.8, 4) is 0 Å². The number of aliphatic hydroxyl groups excluding tert-OH is 1. The van der Waals surface area contributed by atoms with E-state index >= 15 is 0 Å². The van der Waals surface area contributed by atoms with Crippen LogP contribution in [0.1, 0.15) is 11.1 Å². The first-order valence-electron chi connectivity index (χ1n) is 6.38. The van der Waals surface area contributed by atoms with Gasteiger partial charge in [0.2, 0.25) is 0 Å². The van der Waals surface area contributed by atoms with Crippen LogP contribution in [0.2, 0.25) is 0 Å². The predicted molar refractivity (Wildman–Crippen MR) is 77.9 cm³/mol. The van der Waals surface area contributed by atoms with Crippen molar-refractivity contribution >= 4 is 10.8 Å². The van der Waals surface area contributed by atoms with E-state index in [1.54, 1.807) is 7.11 Å². The third kappa shape index (κ3) is 5.82. The molecule has 0 saturated heterocycles. The average Bonchev–Trinajstić information content (AvgIpc) is 2.34. The minimum atomic E-state index is -1.16. The molecule has 0 bridgehead atoms. The summed E-state index contributed by atoms with van der Waals surface area (Å²) in [6.07, 6.45) is -0.613. The molecule has 2 unspecified atom stereocenters. The number of ether oxygens (including phenoxy) is 1. The molecular weight excluding hydrogens is 262 g/mol. The lowest BCUT2D eigenvalue weighted by molar-refractivity contribution is 0.174. The molecule has 0 aliphatic rings. The van der Waals surface area contributed by atoms with Gasteiger partial charge < -0.3 is 15.2 Å². The Balaban J connectivity index is 2.45. The molecule has 1 aromatic rings. The van der Waals surface area contributed by atoms with Gasteiger partial charge in [0.1, 0.15) is 0 Å². The first-order valence-corrected chi connectivity index (χ1v) is 7.70. The molecule has 2 N–H and O–H groups in total. The van der Waals surface area contributed by atoms with E-state index in [0.29, 0.717) is 19.7 Å². The summed E-state index contributed by atoms with van der Waals surface area (Å²) in [5.41, 5.74) is 2.16. The van der Waals surface area contributed by atoms with Crippen molar-refractivity contribution in [2.45, 2.75) is 24.8 Å². The van der Waals surface area contributed by atoms with E-state index in [1.807, 2.05) is 32.0 Å². The molecule has 108 valence electrons. The second-order valence-electron chi connectivity index (χ2n) is 4.63. The number of rotatable bonds is 8. The molecule has 0 aliphatic carbocycles. The van der Waals surface area contributed by atoms with Gasteiger partial charge in [-0.3, -0.25) is 4.21 Å². The molecule has 4 nitrogen and oxygen atoms in total. The van der Waals surface area contributed by atoms with Crippen LogP contribution in [0.4, 0.5) is 0 Å². The van der Waals surface area contributed by atoms with Crippen molar-refractivity contribution in [1.29, 1.82) is 0 Å². The van der Waals surface area contributed by atoms with Crippen molar-refractivity contribution in [2.75, 3.05) is 32.6 Å². The molecule has 0 radical (unpaired) electrons. The molecule has 19 heavy (non-hydrogen) atoms. The largest absolute Gasteiger partial charge is 0.391 e.